The number of aryl methyl sites for hydroxylation is 1. The van der Waals surface area contributed by atoms with Crippen molar-refractivity contribution in [2.75, 3.05) is 18.4 Å². The monoisotopic (exact) mass is 219 g/mol. The van der Waals surface area contributed by atoms with Crippen LogP contribution in [0.25, 0.3) is 0 Å². The van der Waals surface area contributed by atoms with E-state index in [1.54, 1.807) is 6.20 Å². The van der Waals surface area contributed by atoms with Crippen molar-refractivity contribution in [3.63, 3.8) is 0 Å². The third-order valence-corrected chi connectivity index (χ3v) is 2.83. The molecule has 86 valence electrons. The number of nitrogens with one attached hydrogen (secondary N) is 2. The van der Waals surface area contributed by atoms with Crippen LogP contribution in [-0.4, -0.2) is 24.0 Å². The summed E-state index contributed by atoms with van der Waals surface area (Å²) in [4.78, 5) is 16.0. The van der Waals surface area contributed by atoms with E-state index >= 15 is 0 Å². The van der Waals surface area contributed by atoms with E-state index in [9.17, 15) is 4.79 Å². The lowest BCUT2D eigenvalue weighted by molar-refractivity contribution is -0.120. The van der Waals surface area contributed by atoms with Crippen molar-refractivity contribution in [1.82, 2.24) is 10.3 Å². The average Bonchev–Trinajstić information content (AvgIpc) is 2.33. The lowest BCUT2D eigenvalue weighted by atomic mass is 9.99. The summed E-state index contributed by atoms with van der Waals surface area (Å²) in [5, 5.41) is 6.08. The van der Waals surface area contributed by atoms with Crippen molar-refractivity contribution in [3.05, 3.63) is 23.9 Å². The maximum Gasteiger partial charge on any atom is 0.229 e. The highest BCUT2D eigenvalue weighted by Crippen LogP contribution is 2.12. The first-order valence-electron chi connectivity index (χ1n) is 5.70. The molecule has 1 aromatic rings. The van der Waals surface area contributed by atoms with E-state index in [2.05, 4.69) is 15.6 Å². The van der Waals surface area contributed by atoms with E-state index in [-0.39, 0.29) is 11.8 Å². The molecule has 1 saturated heterocycles. The van der Waals surface area contributed by atoms with Crippen LogP contribution >= 0.6 is 0 Å². The number of rotatable bonds is 2. The van der Waals surface area contributed by atoms with Gasteiger partial charge in [-0.1, -0.05) is 6.07 Å². The van der Waals surface area contributed by atoms with Crippen LogP contribution in [0.3, 0.4) is 0 Å². The second-order valence-corrected chi connectivity index (χ2v) is 4.25. The number of hydrogen-bond acceptors (Lipinski definition) is 3. The van der Waals surface area contributed by atoms with Crippen molar-refractivity contribution >= 4 is 11.7 Å². The van der Waals surface area contributed by atoms with Gasteiger partial charge in [-0.15, -0.1) is 0 Å². The Hall–Kier alpha value is -1.42. The number of piperidine rings is 1. The highest BCUT2D eigenvalue weighted by Gasteiger charge is 2.20. The molecular weight excluding hydrogens is 202 g/mol. The number of aromatic nitrogens is 1. The van der Waals surface area contributed by atoms with Crippen molar-refractivity contribution in [2.24, 2.45) is 5.92 Å². The Balaban J connectivity index is 1.93. The van der Waals surface area contributed by atoms with Crippen LogP contribution in [0.1, 0.15) is 18.4 Å². The molecule has 1 aromatic heterocycles. The quantitative estimate of drug-likeness (QED) is 0.789. The van der Waals surface area contributed by atoms with Crippen LogP contribution in [0.4, 0.5) is 5.82 Å². The highest BCUT2D eigenvalue weighted by molar-refractivity contribution is 5.91. The first-order chi connectivity index (χ1) is 7.75. The Bertz CT molecular complexity index is 355. The second kappa shape index (κ2) is 5.07. The molecule has 0 bridgehead atoms. The maximum atomic E-state index is 11.9. The van der Waals surface area contributed by atoms with Gasteiger partial charge in [0.15, 0.2) is 0 Å². The molecule has 2 rings (SSSR count). The van der Waals surface area contributed by atoms with Crippen LogP contribution in [0, 0.1) is 12.8 Å². The minimum Gasteiger partial charge on any atom is -0.316 e. The molecule has 0 aromatic carbocycles. The van der Waals surface area contributed by atoms with Gasteiger partial charge in [-0.2, -0.15) is 0 Å². The summed E-state index contributed by atoms with van der Waals surface area (Å²) in [5.74, 6) is 0.793. The Labute approximate surface area is 95.5 Å². The van der Waals surface area contributed by atoms with E-state index in [0.29, 0.717) is 5.82 Å². The third kappa shape index (κ3) is 2.79. The fraction of sp³-hybridized carbons (Fsp3) is 0.500. The zero-order valence-corrected chi connectivity index (χ0v) is 9.49. The number of carbonyl (C=O) groups is 1. The summed E-state index contributed by atoms with van der Waals surface area (Å²) in [6, 6.07) is 3.78. The number of carbonyl (C=O) groups excluding carboxylic acids is 1. The minimum atomic E-state index is 0.0727. The fourth-order valence-corrected chi connectivity index (χ4v) is 1.85. The van der Waals surface area contributed by atoms with Crippen molar-refractivity contribution in [3.8, 4) is 0 Å². The van der Waals surface area contributed by atoms with Gasteiger partial charge in [-0.05, 0) is 37.9 Å². The molecule has 1 atom stereocenters. The first-order valence-corrected chi connectivity index (χ1v) is 5.70. The molecule has 1 aliphatic rings. The summed E-state index contributed by atoms with van der Waals surface area (Å²) in [7, 11) is 0. The molecule has 1 amide bonds. The Kier molecular flexibility index (Phi) is 3.51. The molecule has 0 saturated carbocycles. The predicted molar refractivity (Wildman–Crippen MR) is 63.2 cm³/mol. The second-order valence-electron chi connectivity index (χ2n) is 4.25. The lowest BCUT2D eigenvalue weighted by Crippen LogP contribution is -2.37. The van der Waals surface area contributed by atoms with Crippen LogP contribution in [-0.2, 0) is 4.79 Å². The number of hydrogen-bond donors (Lipinski definition) is 2. The standard InChI is InChI=1S/C12H17N3O/c1-9-4-5-11(14-7-9)15-12(16)10-3-2-6-13-8-10/h4-5,7,10,13H,2-3,6,8H2,1H3,(H,14,15,16)/t10-/m1/s1. The van der Waals surface area contributed by atoms with E-state index in [1.807, 2.05) is 19.1 Å². The van der Waals surface area contributed by atoms with E-state index in [1.165, 1.54) is 0 Å². The molecular formula is C12H17N3O. The number of pyridine rings is 1. The summed E-state index contributed by atoms with van der Waals surface area (Å²) in [6.07, 6.45) is 3.79. The Morgan fingerprint density at radius 3 is 3.06 bits per heavy atom. The molecule has 0 unspecified atom stereocenters. The SMILES string of the molecule is Cc1ccc(NC(=O)[C@@H]2CCCNC2)nc1. The Morgan fingerprint density at radius 1 is 1.56 bits per heavy atom. The van der Waals surface area contributed by atoms with Gasteiger partial charge in [-0.3, -0.25) is 4.79 Å². The number of anilines is 1. The van der Waals surface area contributed by atoms with Gasteiger partial charge < -0.3 is 10.6 Å². The van der Waals surface area contributed by atoms with Gasteiger partial charge in [0.2, 0.25) is 5.91 Å². The third-order valence-electron chi connectivity index (χ3n) is 2.83. The summed E-state index contributed by atoms with van der Waals surface area (Å²) in [5.41, 5.74) is 1.09. The van der Waals surface area contributed by atoms with Crippen LogP contribution in [0.5, 0.6) is 0 Å². The zero-order chi connectivity index (χ0) is 11.4. The van der Waals surface area contributed by atoms with Gasteiger partial charge in [0.25, 0.3) is 0 Å². The highest BCUT2D eigenvalue weighted by atomic mass is 16.2. The number of nitrogens with zero attached hydrogens (tertiary/aromatic N) is 1. The molecule has 1 aliphatic heterocycles. The summed E-state index contributed by atoms with van der Waals surface area (Å²) >= 11 is 0. The van der Waals surface area contributed by atoms with Gasteiger partial charge >= 0.3 is 0 Å². The normalized spacial score (nSPS) is 20.4. The van der Waals surface area contributed by atoms with Crippen molar-refractivity contribution in [2.45, 2.75) is 19.8 Å². The fourth-order valence-electron chi connectivity index (χ4n) is 1.85. The van der Waals surface area contributed by atoms with Crippen LogP contribution < -0.4 is 10.6 Å². The van der Waals surface area contributed by atoms with Gasteiger partial charge in [0, 0.05) is 12.7 Å². The van der Waals surface area contributed by atoms with E-state index in [0.717, 1.165) is 31.5 Å². The van der Waals surface area contributed by atoms with Crippen molar-refractivity contribution in [1.29, 1.82) is 0 Å². The summed E-state index contributed by atoms with van der Waals surface area (Å²) in [6.45, 7) is 3.77. The molecule has 0 spiro atoms. The molecule has 2 heterocycles. The average molecular weight is 219 g/mol. The minimum absolute atomic E-state index is 0.0727. The molecule has 4 heteroatoms. The Morgan fingerprint density at radius 2 is 2.44 bits per heavy atom. The molecule has 0 radical (unpaired) electrons. The maximum absolute atomic E-state index is 11.9. The summed E-state index contributed by atoms with van der Waals surface area (Å²) < 4.78 is 0. The topological polar surface area (TPSA) is 54.0 Å². The molecule has 4 nitrogen and oxygen atoms in total. The number of amides is 1. The van der Waals surface area contributed by atoms with Gasteiger partial charge in [-0.25, -0.2) is 4.98 Å². The van der Waals surface area contributed by atoms with Gasteiger partial charge in [0.1, 0.15) is 5.82 Å². The van der Waals surface area contributed by atoms with Crippen LogP contribution in [0.15, 0.2) is 18.3 Å². The first kappa shape index (κ1) is 11.1. The molecule has 2 N–H and O–H groups in total. The smallest absolute Gasteiger partial charge is 0.229 e. The van der Waals surface area contributed by atoms with Crippen molar-refractivity contribution < 1.29 is 4.79 Å². The molecule has 1 fully saturated rings. The predicted octanol–water partition coefficient (Wildman–Crippen LogP) is 1.33. The van der Waals surface area contributed by atoms with E-state index in [4.69, 9.17) is 0 Å². The molecule has 0 aliphatic carbocycles. The largest absolute Gasteiger partial charge is 0.316 e. The van der Waals surface area contributed by atoms with E-state index < -0.39 is 0 Å². The lowest BCUT2D eigenvalue weighted by Gasteiger charge is -2.21. The molecule has 16 heavy (non-hydrogen) atoms. The zero-order valence-electron chi connectivity index (χ0n) is 9.49. The van der Waals surface area contributed by atoms with Gasteiger partial charge in [0.05, 0.1) is 5.92 Å². The van der Waals surface area contributed by atoms with Crippen LogP contribution in [0.2, 0.25) is 0 Å².